The lowest BCUT2D eigenvalue weighted by Crippen LogP contribution is -2.19. The summed E-state index contributed by atoms with van der Waals surface area (Å²) in [5.41, 5.74) is 0. The Hall–Kier alpha value is -1.02. The lowest BCUT2D eigenvalue weighted by atomic mass is 9.81. The standard InChI is InChI=1S/C9H10N2/c10-4-8-6-1-2-7(3-6)9(8)5-11/h6-9H,1-3H2/t6?,7?,8-,9?/m0/s1. The minimum Gasteiger partial charge on any atom is -0.198 e. The SMILES string of the molecule is N#CC1C2CCC(C2)[C@@H]1C#N. The second-order valence-electron chi connectivity index (χ2n) is 3.64. The van der Waals surface area contributed by atoms with Crippen molar-refractivity contribution in [1.82, 2.24) is 0 Å². The van der Waals surface area contributed by atoms with E-state index in [0.29, 0.717) is 11.8 Å². The summed E-state index contributed by atoms with van der Waals surface area (Å²) in [6.07, 6.45) is 3.50. The summed E-state index contributed by atoms with van der Waals surface area (Å²) in [6.45, 7) is 0. The monoisotopic (exact) mass is 146 g/mol. The van der Waals surface area contributed by atoms with Crippen molar-refractivity contribution >= 4 is 0 Å². The summed E-state index contributed by atoms with van der Waals surface area (Å²) in [7, 11) is 0. The summed E-state index contributed by atoms with van der Waals surface area (Å²) >= 11 is 0. The lowest BCUT2D eigenvalue weighted by molar-refractivity contribution is 0.332. The smallest absolute Gasteiger partial charge is 0.0672 e. The van der Waals surface area contributed by atoms with Crippen LogP contribution in [0.15, 0.2) is 0 Å². The molecule has 0 radical (unpaired) electrons. The van der Waals surface area contributed by atoms with Crippen LogP contribution in [0.5, 0.6) is 0 Å². The zero-order valence-corrected chi connectivity index (χ0v) is 6.33. The molecular weight excluding hydrogens is 136 g/mol. The van der Waals surface area contributed by atoms with Gasteiger partial charge in [-0.3, -0.25) is 0 Å². The molecular formula is C9H10N2. The predicted molar refractivity (Wildman–Crippen MR) is 39.0 cm³/mol. The fourth-order valence-corrected chi connectivity index (χ4v) is 2.66. The largest absolute Gasteiger partial charge is 0.198 e. The molecule has 2 bridgehead atoms. The maximum atomic E-state index is 8.79. The van der Waals surface area contributed by atoms with E-state index in [-0.39, 0.29) is 11.8 Å². The molecule has 0 heterocycles. The molecule has 0 saturated heterocycles. The predicted octanol–water partition coefficient (Wildman–Crippen LogP) is 1.70. The lowest BCUT2D eigenvalue weighted by Gasteiger charge is -2.19. The number of rotatable bonds is 0. The van der Waals surface area contributed by atoms with E-state index in [1.807, 2.05) is 0 Å². The van der Waals surface area contributed by atoms with Crippen LogP contribution in [-0.4, -0.2) is 0 Å². The van der Waals surface area contributed by atoms with Crippen molar-refractivity contribution in [1.29, 1.82) is 10.5 Å². The number of hydrogen-bond acceptors (Lipinski definition) is 2. The molecule has 2 heteroatoms. The molecule has 2 nitrogen and oxygen atoms in total. The van der Waals surface area contributed by atoms with E-state index in [1.165, 1.54) is 12.8 Å². The molecule has 3 unspecified atom stereocenters. The summed E-state index contributed by atoms with van der Waals surface area (Å²) in [6, 6.07) is 4.55. The Morgan fingerprint density at radius 3 is 1.73 bits per heavy atom. The minimum atomic E-state index is 0.0544. The maximum Gasteiger partial charge on any atom is 0.0672 e. The highest BCUT2D eigenvalue weighted by Gasteiger charge is 2.47. The van der Waals surface area contributed by atoms with Crippen LogP contribution < -0.4 is 0 Å². The molecule has 2 aliphatic carbocycles. The molecule has 0 aromatic heterocycles. The highest BCUT2D eigenvalue weighted by molar-refractivity contribution is 5.11. The van der Waals surface area contributed by atoms with Crippen molar-refractivity contribution in [3.8, 4) is 12.1 Å². The fourth-order valence-electron chi connectivity index (χ4n) is 2.66. The van der Waals surface area contributed by atoms with Crippen molar-refractivity contribution < 1.29 is 0 Å². The first kappa shape index (κ1) is 6.68. The van der Waals surface area contributed by atoms with Gasteiger partial charge in [0.05, 0.1) is 24.0 Å². The van der Waals surface area contributed by atoms with Gasteiger partial charge in [0.25, 0.3) is 0 Å². The van der Waals surface area contributed by atoms with Crippen LogP contribution in [0.1, 0.15) is 19.3 Å². The van der Waals surface area contributed by atoms with Gasteiger partial charge in [0, 0.05) is 0 Å². The number of nitriles is 2. The first-order chi connectivity index (χ1) is 5.36. The van der Waals surface area contributed by atoms with Crippen molar-refractivity contribution in [3.63, 3.8) is 0 Å². The van der Waals surface area contributed by atoms with Crippen molar-refractivity contribution in [2.24, 2.45) is 23.7 Å². The number of hydrogen-bond donors (Lipinski definition) is 0. The molecule has 0 amide bonds. The summed E-state index contributed by atoms with van der Waals surface area (Å²) < 4.78 is 0. The van der Waals surface area contributed by atoms with Crippen LogP contribution in [0.3, 0.4) is 0 Å². The van der Waals surface area contributed by atoms with Crippen LogP contribution in [0.2, 0.25) is 0 Å². The molecule has 0 aromatic carbocycles. The van der Waals surface area contributed by atoms with Crippen LogP contribution >= 0.6 is 0 Å². The highest BCUT2D eigenvalue weighted by Crippen LogP contribution is 2.51. The Morgan fingerprint density at radius 1 is 0.909 bits per heavy atom. The molecule has 2 rings (SSSR count). The van der Waals surface area contributed by atoms with E-state index in [1.54, 1.807) is 0 Å². The van der Waals surface area contributed by atoms with Crippen LogP contribution in [0, 0.1) is 46.3 Å². The Kier molecular flexibility index (Phi) is 1.36. The Labute approximate surface area is 66.4 Å². The Bertz CT molecular complexity index is 219. The number of fused-ring (bicyclic) bond motifs is 2. The molecule has 2 aliphatic rings. The zero-order valence-electron chi connectivity index (χ0n) is 6.33. The van der Waals surface area contributed by atoms with E-state index >= 15 is 0 Å². The average Bonchev–Trinajstić information content (AvgIpc) is 2.60. The first-order valence-corrected chi connectivity index (χ1v) is 4.16. The second-order valence-corrected chi connectivity index (χ2v) is 3.64. The van der Waals surface area contributed by atoms with Gasteiger partial charge in [0.1, 0.15) is 0 Å². The third-order valence-electron chi connectivity index (χ3n) is 3.21. The van der Waals surface area contributed by atoms with E-state index in [0.717, 1.165) is 6.42 Å². The summed E-state index contributed by atoms with van der Waals surface area (Å²) in [5.74, 6) is 1.21. The fraction of sp³-hybridized carbons (Fsp3) is 0.778. The highest BCUT2D eigenvalue weighted by atomic mass is 14.5. The third kappa shape index (κ3) is 0.761. The van der Waals surface area contributed by atoms with Gasteiger partial charge in [-0.1, -0.05) is 0 Å². The molecule has 2 fully saturated rings. The van der Waals surface area contributed by atoms with Gasteiger partial charge in [-0.2, -0.15) is 10.5 Å². The van der Waals surface area contributed by atoms with Crippen molar-refractivity contribution in [3.05, 3.63) is 0 Å². The van der Waals surface area contributed by atoms with E-state index in [9.17, 15) is 0 Å². The second kappa shape index (κ2) is 2.24. The molecule has 0 spiro atoms. The molecule has 56 valence electrons. The first-order valence-electron chi connectivity index (χ1n) is 4.16. The summed E-state index contributed by atoms with van der Waals surface area (Å²) in [4.78, 5) is 0. The third-order valence-corrected chi connectivity index (χ3v) is 3.21. The molecule has 2 saturated carbocycles. The van der Waals surface area contributed by atoms with Crippen molar-refractivity contribution in [2.75, 3.05) is 0 Å². The quantitative estimate of drug-likeness (QED) is 0.522. The van der Waals surface area contributed by atoms with Gasteiger partial charge < -0.3 is 0 Å². The topological polar surface area (TPSA) is 47.6 Å². The van der Waals surface area contributed by atoms with E-state index in [4.69, 9.17) is 10.5 Å². The Balaban J connectivity index is 2.24. The zero-order chi connectivity index (χ0) is 7.84. The van der Waals surface area contributed by atoms with Gasteiger partial charge in [-0.15, -0.1) is 0 Å². The van der Waals surface area contributed by atoms with Gasteiger partial charge in [0.2, 0.25) is 0 Å². The molecule has 11 heavy (non-hydrogen) atoms. The van der Waals surface area contributed by atoms with Gasteiger partial charge >= 0.3 is 0 Å². The molecule has 0 N–H and O–H groups in total. The van der Waals surface area contributed by atoms with Crippen molar-refractivity contribution in [2.45, 2.75) is 19.3 Å². The normalized spacial score (nSPS) is 46.7. The molecule has 4 atom stereocenters. The van der Waals surface area contributed by atoms with Crippen LogP contribution in [0.4, 0.5) is 0 Å². The van der Waals surface area contributed by atoms with Crippen LogP contribution in [0.25, 0.3) is 0 Å². The van der Waals surface area contributed by atoms with Crippen LogP contribution in [-0.2, 0) is 0 Å². The summed E-state index contributed by atoms with van der Waals surface area (Å²) in [5, 5.41) is 17.6. The molecule has 0 aliphatic heterocycles. The Morgan fingerprint density at radius 2 is 1.36 bits per heavy atom. The van der Waals surface area contributed by atoms with Gasteiger partial charge in [-0.05, 0) is 31.1 Å². The average molecular weight is 146 g/mol. The minimum absolute atomic E-state index is 0.0544. The van der Waals surface area contributed by atoms with Gasteiger partial charge in [0.15, 0.2) is 0 Å². The number of nitrogens with zero attached hydrogens (tertiary/aromatic N) is 2. The van der Waals surface area contributed by atoms with E-state index in [2.05, 4.69) is 12.1 Å². The maximum absolute atomic E-state index is 8.79. The van der Waals surface area contributed by atoms with Gasteiger partial charge in [-0.25, -0.2) is 0 Å². The molecule has 0 aromatic rings. The van der Waals surface area contributed by atoms with E-state index < -0.39 is 0 Å².